The molecule has 2 aromatic rings. The lowest BCUT2D eigenvalue weighted by Gasteiger charge is -2.12. The molecule has 0 radical (unpaired) electrons. The van der Waals surface area contributed by atoms with Gasteiger partial charge in [-0.05, 0) is 30.7 Å². The number of benzene rings is 2. The Balaban J connectivity index is 2.19. The second-order valence-electron chi connectivity index (χ2n) is 4.41. The van der Waals surface area contributed by atoms with Gasteiger partial charge < -0.3 is 14.6 Å². The summed E-state index contributed by atoms with van der Waals surface area (Å²) in [4.78, 5) is 11.1. The van der Waals surface area contributed by atoms with Gasteiger partial charge in [0.05, 0.1) is 12.7 Å². The van der Waals surface area contributed by atoms with Crippen molar-refractivity contribution in [3.63, 3.8) is 0 Å². The van der Waals surface area contributed by atoms with Gasteiger partial charge in [-0.25, -0.2) is 4.79 Å². The second-order valence-corrected chi connectivity index (χ2v) is 4.41. The van der Waals surface area contributed by atoms with E-state index in [1.807, 2.05) is 25.1 Å². The Morgan fingerprint density at radius 1 is 1.15 bits per heavy atom. The van der Waals surface area contributed by atoms with Gasteiger partial charge in [-0.15, -0.1) is 0 Å². The molecular formula is C16H16O4. The molecule has 0 unspecified atom stereocenters. The smallest absolute Gasteiger partial charge is 0.336 e. The van der Waals surface area contributed by atoms with E-state index >= 15 is 0 Å². The predicted molar refractivity (Wildman–Crippen MR) is 75.5 cm³/mol. The van der Waals surface area contributed by atoms with Crippen molar-refractivity contribution in [1.82, 2.24) is 0 Å². The first-order valence-corrected chi connectivity index (χ1v) is 6.20. The average molecular weight is 272 g/mol. The van der Waals surface area contributed by atoms with E-state index in [9.17, 15) is 4.79 Å². The first-order valence-electron chi connectivity index (χ1n) is 6.20. The van der Waals surface area contributed by atoms with Gasteiger partial charge in [-0.1, -0.05) is 24.3 Å². The van der Waals surface area contributed by atoms with Crippen molar-refractivity contribution in [2.45, 2.75) is 13.5 Å². The lowest BCUT2D eigenvalue weighted by atomic mass is 10.1. The molecule has 0 spiro atoms. The molecule has 0 aromatic heterocycles. The number of hydrogen-bond acceptors (Lipinski definition) is 3. The minimum absolute atomic E-state index is 0.182. The molecule has 4 heteroatoms. The van der Waals surface area contributed by atoms with E-state index in [0.717, 1.165) is 5.56 Å². The van der Waals surface area contributed by atoms with Crippen molar-refractivity contribution in [2.24, 2.45) is 0 Å². The highest BCUT2D eigenvalue weighted by Gasteiger charge is 2.11. The highest BCUT2D eigenvalue weighted by atomic mass is 16.5. The molecular weight excluding hydrogens is 256 g/mol. The highest BCUT2D eigenvalue weighted by molar-refractivity contribution is 5.89. The van der Waals surface area contributed by atoms with Crippen LogP contribution >= 0.6 is 0 Å². The Labute approximate surface area is 117 Å². The lowest BCUT2D eigenvalue weighted by Crippen LogP contribution is -2.05. The molecule has 0 atom stereocenters. The van der Waals surface area contributed by atoms with Gasteiger partial charge in [0.1, 0.15) is 6.61 Å². The van der Waals surface area contributed by atoms with Gasteiger partial charge in [0, 0.05) is 5.56 Å². The number of carbonyl (C=O) groups is 1. The van der Waals surface area contributed by atoms with Gasteiger partial charge in [0.25, 0.3) is 0 Å². The van der Waals surface area contributed by atoms with Crippen LogP contribution in [0.1, 0.15) is 21.5 Å². The molecule has 0 aliphatic heterocycles. The summed E-state index contributed by atoms with van der Waals surface area (Å²) in [6, 6.07) is 12.4. The number of aromatic carboxylic acids is 1. The minimum Gasteiger partial charge on any atom is -0.493 e. The molecule has 0 fully saturated rings. The van der Waals surface area contributed by atoms with Gasteiger partial charge in [0.2, 0.25) is 0 Å². The Hall–Kier alpha value is -2.49. The summed E-state index contributed by atoms with van der Waals surface area (Å²) >= 11 is 0. The van der Waals surface area contributed by atoms with Crippen LogP contribution in [0, 0.1) is 6.92 Å². The number of hydrogen-bond donors (Lipinski definition) is 1. The molecule has 2 rings (SSSR count). The molecule has 0 aliphatic rings. The molecule has 0 saturated heterocycles. The third-order valence-corrected chi connectivity index (χ3v) is 2.95. The van der Waals surface area contributed by atoms with Gasteiger partial charge in [0.15, 0.2) is 11.5 Å². The second kappa shape index (κ2) is 6.10. The van der Waals surface area contributed by atoms with E-state index in [-0.39, 0.29) is 12.2 Å². The SMILES string of the molecule is COc1cc(C)ccc1OCc1ccccc1C(=O)O. The van der Waals surface area contributed by atoms with Crippen LogP contribution in [0.3, 0.4) is 0 Å². The van der Waals surface area contributed by atoms with Crippen LogP contribution in [0.5, 0.6) is 11.5 Å². The van der Waals surface area contributed by atoms with Crippen LogP contribution in [0.2, 0.25) is 0 Å². The topological polar surface area (TPSA) is 55.8 Å². The molecule has 0 heterocycles. The summed E-state index contributed by atoms with van der Waals surface area (Å²) in [6.45, 7) is 2.15. The first-order chi connectivity index (χ1) is 9.61. The zero-order valence-electron chi connectivity index (χ0n) is 11.4. The maximum atomic E-state index is 11.1. The highest BCUT2D eigenvalue weighted by Crippen LogP contribution is 2.28. The summed E-state index contributed by atoms with van der Waals surface area (Å²) < 4.78 is 10.9. The number of aryl methyl sites for hydroxylation is 1. The van der Waals surface area contributed by atoms with E-state index in [2.05, 4.69) is 0 Å². The van der Waals surface area contributed by atoms with Gasteiger partial charge in [-0.3, -0.25) is 0 Å². The van der Waals surface area contributed by atoms with E-state index in [4.69, 9.17) is 14.6 Å². The largest absolute Gasteiger partial charge is 0.493 e. The van der Waals surface area contributed by atoms with E-state index in [0.29, 0.717) is 17.1 Å². The van der Waals surface area contributed by atoms with Gasteiger partial charge >= 0.3 is 5.97 Å². The van der Waals surface area contributed by atoms with Crippen molar-refractivity contribution in [2.75, 3.05) is 7.11 Å². The average Bonchev–Trinajstić information content (AvgIpc) is 2.46. The Morgan fingerprint density at radius 3 is 2.60 bits per heavy atom. The molecule has 4 nitrogen and oxygen atoms in total. The summed E-state index contributed by atoms with van der Waals surface area (Å²) in [5.74, 6) is 0.274. The maximum absolute atomic E-state index is 11.1. The Kier molecular flexibility index (Phi) is 4.25. The van der Waals surface area contributed by atoms with Crippen molar-refractivity contribution in [3.8, 4) is 11.5 Å². The minimum atomic E-state index is -0.958. The fraction of sp³-hybridized carbons (Fsp3) is 0.188. The van der Waals surface area contributed by atoms with Crippen molar-refractivity contribution in [3.05, 3.63) is 59.2 Å². The standard InChI is InChI=1S/C16H16O4/c1-11-7-8-14(15(9-11)19-2)20-10-12-5-3-4-6-13(12)16(17)18/h3-9H,10H2,1-2H3,(H,17,18). The third-order valence-electron chi connectivity index (χ3n) is 2.95. The number of carboxylic acids is 1. The fourth-order valence-electron chi connectivity index (χ4n) is 1.90. The van der Waals surface area contributed by atoms with E-state index < -0.39 is 5.97 Å². The number of carboxylic acid groups (broad SMARTS) is 1. The molecule has 20 heavy (non-hydrogen) atoms. The maximum Gasteiger partial charge on any atom is 0.336 e. The van der Waals surface area contributed by atoms with Crippen LogP contribution in [-0.2, 0) is 6.61 Å². The summed E-state index contributed by atoms with van der Waals surface area (Å²) in [5, 5.41) is 9.12. The molecule has 0 amide bonds. The van der Waals surface area contributed by atoms with Crippen LogP contribution in [0.4, 0.5) is 0 Å². The molecule has 104 valence electrons. The molecule has 1 N–H and O–H groups in total. The number of ether oxygens (including phenoxy) is 2. The summed E-state index contributed by atoms with van der Waals surface area (Å²) in [5.41, 5.74) is 1.95. The quantitative estimate of drug-likeness (QED) is 0.907. The van der Waals surface area contributed by atoms with Crippen molar-refractivity contribution in [1.29, 1.82) is 0 Å². The van der Waals surface area contributed by atoms with Gasteiger partial charge in [-0.2, -0.15) is 0 Å². The summed E-state index contributed by atoms with van der Waals surface area (Å²) in [6.07, 6.45) is 0. The predicted octanol–water partition coefficient (Wildman–Crippen LogP) is 3.28. The fourth-order valence-corrected chi connectivity index (χ4v) is 1.90. The van der Waals surface area contributed by atoms with Crippen molar-refractivity contribution >= 4 is 5.97 Å². The monoisotopic (exact) mass is 272 g/mol. The third kappa shape index (κ3) is 3.09. The number of methoxy groups -OCH3 is 1. The van der Waals surface area contributed by atoms with Crippen LogP contribution in [0.15, 0.2) is 42.5 Å². The van der Waals surface area contributed by atoms with Crippen LogP contribution < -0.4 is 9.47 Å². The van der Waals surface area contributed by atoms with E-state index in [1.165, 1.54) is 0 Å². The Bertz CT molecular complexity index is 620. The molecule has 0 aliphatic carbocycles. The van der Waals surface area contributed by atoms with E-state index in [1.54, 1.807) is 31.4 Å². The summed E-state index contributed by atoms with van der Waals surface area (Å²) in [7, 11) is 1.58. The molecule has 2 aromatic carbocycles. The Morgan fingerprint density at radius 2 is 1.90 bits per heavy atom. The van der Waals surface area contributed by atoms with Crippen LogP contribution in [-0.4, -0.2) is 18.2 Å². The zero-order chi connectivity index (χ0) is 14.5. The molecule has 0 bridgehead atoms. The van der Waals surface area contributed by atoms with Crippen LogP contribution in [0.25, 0.3) is 0 Å². The number of rotatable bonds is 5. The first kappa shape index (κ1) is 13.9. The normalized spacial score (nSPS) is 10.1. The van der Waals surface area contributed by atoms with Crippen molar-refractivity contribution < 1.29 is 19.4 Å². The lowest BCUT2D eigenvalue weighted by molar-refractivity contribution is 0.0694. The molecule has 0 saturated carbocycles. The zero-order valence-corrected chi connectivity index (χ0v) is 11.4.